The van der Waals surface area contributed by atoms with Crippen molar-refractivity contribution in [2.75, 3.05) is 0 Å². The van der Waals surface area contributed by atoms with Crippen LogP contribution in [0.15, 0.2) is 115 Å². The summed E-state index contributed by atoms with van der Waals surface area (Å²) in [6.07, 6.45) is 8.56. The Labute approximate surface area is 280 Å². The van der Waals surface area contributed by atoms with Gasteiger partial charge in [0.15, 0.2) is 0 Å². The fourth-order valence-electron chi connectivity index (χ4n) is 5.40. The van der Waals surface area contributed by atoms with Crippen LogP contribution in [0.2, 0.25) is 0 Å². The Morgan fingerprint density at radius 2 is 0.800 bits per heavy atom. The van der Waals surface area contributed by atoms with Gasteiger partial charge in [0.2, 0.25) is 0 Å². The van der Waals surface area contributed by atoms with Gasteiger partial charge in [-0.2, -0.15) is 0 Å². The van der Waals surface area contributed by atoms with Crippen molar-refractivity contribution in [3.63, 3.8) is 0 Å². The largest absolute Gasteiger partial charge is 0.0683 e. The van der Waals surface area contributed by atoms with E-state index >= 15 is 0 Å². The molecule has 2 aliphatic rings. The minimum atomic E-state index is 0.160. The van der Waals surface area contributed by atoms with E-state index in [4.69, 9.17) is 0 Å². The van der Waals surface area contributed by atoms with E-state index in [0.717, 1.165) is 0 Å². The smallest absolute Gasteiger partial charge is 0.0158 e. The van der Waals surface area contributed by atoms with Crippen molar-refractivity contribution in [1.82, 2.24) is 0 Å². The Morgan fingerprint density at radius 1 is 0.489 bits per heavy atom. The maximum absolute atomic E-state index is 2.38. The summed E-state index contributed by atoms with van der Waals surface area (Å²) in [5, 5.41) is 0. The van der Waals surface area contributed by atoms with E-state index in [2.05, 4.69) is 128 Å². The molecule has 0 aliphatic heterocycles. The molecule has 1 saturated carbocycles. The van der Waals surface area contributed by atoms with Crippen LogP contribution < -0.4 is 0 Å². The molecule has 4 aromatic carbocycles. The highest BCUT2D eigenvalue weighted by Crippen LogP contribution is 2.48. The van der Waals surface area contributed by atoms with Gasteiger partial charge in [-0.15, -0.1) is 0 Å². The molecule has 1 fully saturated rings. The molecule has 0 nitrogen and oxygen atoms in total. The van der Waals surface area contributed by atoms with Crippen LogP contribution in [0.4, 0.5) is 0 Å². The molecule has 0 heteroatoms. The number of fused-ring (bicyclic) bond motifs is 3. The molecule has 6 rings (SSSR count). The van der Waals surface area contributed by atoms with Gasteiger partial charge in [0.25, 0.3) is 0 Å². The molecule has 0 saturated heterocycles. The molecule has 0 radical (unpaired) electrons. The maximum atomic E-state index is 2.38. The Bertz CT molecular complexity index is 1130. The molecule has 248 valence electrons. The molecule has 45 heavy (non-hydrogen) atoms. The Morgan fingerprint density at radius 3 is 1.09 bits per heavy atom. The first-order valence-corrected chi connectivity index (χ1v) is 17.9. The molecule has 0 heterocycles. The summed E-state index contributed by atoms with van der Waals surface area (Å²) in [4.78, 5) is 0. The van der Waals surface area contributed by atoms with Gasteiger partial charge in [0.1, 0.15) is 0 Å². The minimum Gasteiger partial charge on any atom is -0.0683 e. The van der Waals surface area contributed by atoms with Crippen LogP contribution in [0, 0.1) is 5.41 Å². The highest BCUT2D eigenvalue weighted by molar-refractivity contribution is 5.80. The Hall–Kier alpha value is -3.12. The Kier molecular flexibility index (Phi) is 22.5. The minimum absolute atomic E-state index is 0.160. The van der Waals surface area contributed by atoms with Crippen molar-refractivity contribution < 1.29 is 0 Å². The lowest BCUT2D eigenvalue weighted by molar-refractivity contribution is 0.244. The van der Waals surface area contributed by atoms with Crippen LogP contribution in [0.5, 0.6) is 0 Å². The van der Waals surface area contributed by atoms with Crippen LogP contribution in [0.25, 0.3) is 11.1 Å². The predicted octanol–water partition coefficient (Wildman–Crippen LogP) is 14.9. The molecule has 0 amide bonds. The van der Waals surface area contributed by atoms with Crippen LogP contribution in [-0.4, -0.2) is 0 Å². The second kappa shape index (κ2) is 24.2. The molecule has 0 spiro atoms. The number of hydrogen-bond donors (Lipinski definition) is 0. The van der Waals surface area contributed by atoms with Gasteiger partial charge in [-0.05, 0) is 52.0 Å². The second-order valence-electron chi connectivity index (χ2n) is 12.9. The zero-order valence-corrected chi connectivity index (χ0v) is 31.3. The third-order valence-corrected chi connectivity index (χ3v) is 7.83. The second-order valence-corrected chi connectivity index (χ2v) is 12.9. The van der Waals surface area contributed by atoms with Crippen LogP contribution in [0.1, 0.15) is 144 Å². The van der Waals surface area contributed by atoms with Crippen molar-refractivity contribution in [2.45, 2.75) is 133 Å². The highest BCUT2D eigenvalue weighted by Gasteiger charge is 2.34. The number of rotatable bonds is 1. The zero-order chi connectivity index (χ0) is 34.1. The summed E-state index contributed by atoms with van der Waals surface area (Å²) in [5.74, 6) is 0.659. The van der Waals surface area contributed by atoms with E-state index in [9.17, 15) is 0 Å². The van der Waals surface area contributed by atoms with Gasteiger partial charge in [-0.25, -0.2) is 0 Å². The lowest BCUT2D eigenvalue weighted by Gasteiger charge is -2.28. The maximum Gasteiger partial charge on any atom is 0.0158 e. The topological polar surface area (TPSA) is 0 Å². The van der Waals surface area contributed by atoms with Gasteiger partial charge in [0.05, 0.1) is 0 Å². The van der Waals surface area contributed by atoms with Crippen molar-refractivity contribution >= 4 is 0 Å². The Balaban J connectivity index is 0.000000564. The zero-order valence-electron chi connectivity index (χ0n) is 31.3. The fraction of sp³-hybridized carbons (Fsp3) is 0.467. The standard InChI is InChI=1S/C15H14.C9H12.C8H16.C6H6.C3H8.2C2H6/c1-15(2)13-9-5-3-7-11(13)12-8-4-6-10-14(12)15;1-8(2)9-6-4-3-5-7-9;1-8(2)6-4-3-5-7-8;1-2-4-6-5-3-1;1-3-2;2*1-2/h3-10H,1-2H3;3-8H,1-2H3;3-7H2,1-2H3;1-6H;3H2,1-2H3;2*1-2H3. The quantitative estimate of drug-likeness (QED) is 0.202. The first kappa shape index (κ1) is 41.9. The summed E-state index contributed by atoms with van der Waals surface area (Å²) in [5.41, 5.74) is 7.96. The lowest BCUT2D eigenvalue weighted by Crippen LogP contribution is -2.14. The van der Waals surface area contributed by atoms with Gasteiger partial charge in [-0.3, -0.25) is 0 Å². The lowest BCUT2D eigenvalue weighted by atomic mass is 9.78. The average molecular weight is 609 g/mol. The normalized spacial score (nSPS) is 14.0. The molecule has 2 aliphatic carbocycles. The first-order chi connectivity index (χ1) is 21.6. The predicted molar refractivity (Wildman–Crippen MR) is 207 cm³/mol. The molecule has 0 bridgehead atoms. The average Bonchev–Trinajstić information content (AvgIpc) is 3.32. The number of hydrogen-bond acceptors (Lipinski definition) is 0. The first-order valence-electron chi connectivity index (χ1n) is 17.9. The van der Waals surface area contributed by atoms with Crippen LogP contribution in [-0.2, 0) is 5.41 Å². The van der Waals surface area contributed by atoms with E-state index in [1.54, 1.807) is 0 Å². The SMILES string of the molecule is CC.CC.CC(C)c1ccccc1.CC1(C)CCCCC1.CC1(C)c2ccccc2-c2ccccc21.CCC.c1ccccc1. The van der Waals surface area contributed by atoms with E-state index in [1.165, 1.54) is 66.3 Å². The fourth-order valence-corrected chi connectivity index (χ4v) is 5.40. The molecule has 0 aromatic heterocycles. The van der Waals surface area contributed by atoms with E-state index in [1.807, 2.05) is 70.2 Å². The van der Waals surface area contributed by atoms with Crippen molar-refractivity contribution in [3.05, 3.63) is 132 Å². The summed E-state index contributed by atoms with van der Waals surface area (Å²) < 4.78 is 0. The summed E-state index contributed by atoms with van der Waals surface area (Å²) in [6, 6.07) is 40.0. The third kappa shape index (κ3) is 15.6. The van der Waals surface area contributed by atoms with Crippen molar-refractivity contribution in [3.8, 4) is 11.1 Å². The molecule has 4 aromatic rings. The molecular weight excluding hydrogens is 540 g/mol. The summed E-state index contributed by atoms with van der Waals surface area (Å²) >= 11 is 0. The molecule has 0 atom stereocenters. The third-order valence-electron chi connectivity index (χ3n) is 7.83. The van der Waals surface area contributed by atoms with Gasteiger partial charge < -0.3 is 0 Å². The van der Waals surface area contributed by atoms with Gasteiger partial charge in [0, 0.05) is 5.41 Å². The molecule has 0 N–H and O–H groups in total. The molecule has 0 unspecified atom stereocenters. The van der Waals surface area contributed by atoms with Crippen molar-refractivity contribution in [2.24, 2.45) is 5.41 Å². The van der Waals surface area contributed by atoms with Crippen LogP contribution in [0.3, 0.4) is 0 Å². The number of benzene rings is 4. The van der Waals surface area contributed by atoms with Crippen LogP contribution >= 0.6 is 0 Å². The summed E-state index contributed by atoms with van der Waals surface area (Å²) in [7, 11) is 0. The monoisotopic (exact) mass is 609 g/mol. The van der Waals surface area contributed by atoms with E-state index in [-0.39, 0.29) is 5.41 Å². The summed E-state index contributed by atoms with van der Waals surface area (Å²) in [6.45, 7) is 26.0. The highest BCUT2D eigenvalue weighted by atomic mass is 14.4. The van der Waals surface area contributed by atoms with Crippen molar-refractivity contribution in [1.29, 1.82) is 0 Å². The van der Waals surface area contributed by atoms with E-state index in [0.29, 0.717) is 11.3 Å². The van der Waals surface area contributed by atoms with E-state index < -0.39 is 0 Å². The van der Waals surface area contributed by atoms with Gasteiger partial charge >= 0.3 is 0 Å². The molecular formula is C45H68. The van der Waals surface area contributed by atoms with Gasteiger partial charge in [-0.1, -0.05) is 224 Å².